The minimum absolute atomic E-state index is 0.443. The second-order valence-electron chi connectivity index (χ2n) is 10.3. The topological polar surface area (TPSA) is 73.4 Å². The Kier molecular flexibility index (Phi) is 7.34. The van der Waals surface area contributed by atoms with Gasteiger partial charge in [0.25, 0.3) is 0 Å². The van der Waals surface area contributed by atoms with Crippen LogP contribution in [0, 0.1) is 0 Å². The summed E-state index contributed by atoms with van der Waals surface area (Å²) in [7, 11) is 0. The van der Waals surface area contributed by atoms with Crippen LogP contribution in [0.4, 0.5) is 5.82 Å². The number of nitrogens with one attached hydrogen (secondary N) is 1. The predicted molar refractivity (Wildman–Crippen MR) is 163 cm³/mol. The van der Waals surface area contributed by atoms with Gasteiger partial charge in [-0.1, -0.05) is 35.3 Å². The lowest BCUT2D eigenvalue weighted by atomic mass is 10.1. The molecule has 2 fully saturated rings. The molecule has 2 aliphatic heterocycles. The summed E-state index contributed by atoms with van der Waals surface area (Å²) >= 11 is 14.0. The van der Waals surface area contributed by atoms with Crippen LogP contribution in [0.15, 0.2) is 48.7 Å². The highest BCUT2D eigenvalue weighted by atomic mass is 35.5. The van der Waals surface area contributed by atoms with Crippen LogP contribution in [0.1, 0.15) is 10.4 Å². The first-order valence-corrected chi connectivity index (χ1v) is 15.1. The number of hydrogen-bond donors (Lipinski definition) is 1. The summed E-state index contributed by atoms with van der Waals surface area (Å²) in [6.07, 6.45) is 1.97. The molecule has 8 nitrogen and oxygen atoms in total. The van der Waals surface area contributed by atoms with Crippen LogP contribution in [-0.4, -0.2) is 82.2 Å². The third-order valence-electron chi connectivity index (χ3n) is 7.62. The number of ether oxygens (including phenoxy) is 1. The molecular formula is C29H29Cl2N7OS. The van der Waals surface area contributed by atoms with Gasteiger partial charge in [-0.3, -0.25) is 9.80 Å². The third-order valence-corrected chi connectivity index (χ3v) is 9.12. The van der Waals surface area contributed by atoms with Gasteiger partial charge in [0.2, 0.25) is 0 Å². The van der Waals surface area contributed by atoms with Crippen molar-refractivity contribution < 1.29 is 4.74 Å². The number of nitrogens with zero attached hydrogens (tertiary/aromatic N) is 6. The lowest BCUT2D eigenvalue weighted by Crippen LogP contribution is -2.45. The van der Waals surface area contributed by atoms with Crippen molar-refractivity contribution in [2.75, 3.05) is 57.4 Å². The monoisotopic (exact) mass is 593 g/mol. The summed E-state index contributed by atoms with van der Waals surface area (Å²) < 4.78 is 6.81. The quantitative estimate of drug-likeness (QED) is 0.253. The third kappa shape index (κ3) is 5.42. The van der Waals surface area contributed by atoms with E-state index in [9.17, 15) is 0 Å². The van der Waals surface area contributed by atoms with E-state index < -0.39 is 0 Å². The lowest BCUT2D eigenvalue weighted by molar-refractivity contribution is 0.122. The van der Waals surface area contributed by atoms with E-state index in [1.54, 1.807) is 0 Å². The fourth-order valence-corrected chi connectivity index (χ4v) is 7.28. The van der Waals surface area contributed by atoms with Gasteiger partial charge in [-0.25, -0.2) is 15.0 Å². The van der Waals surface area contributed by atoms with Crippen molar-refractivity contribution in [1.29, 1.82) is 0 Å². The first-order chi connectivity index (χ1) is 19.6. The number of anilines is 1. The number of hydrogen-bond acceptors (Lipinski definition) is 8. The van der Waals surface area contributed by atoms with Crippen LogP contribution in [-0.2, 0) is 17.8 Å². The van der Waals surface area contributed by atoms with E-state index in [4.69, 9.17) is 37.9 Å². The number of aromatic nitrogens is 4. The number of thiophene rings is 1. The SMILES string of the molecule is Clc1cc(CN2CCN(Cc3cc4nc(-c5cccc6[nH]ccc56)nc(N5CCOCC5)c4s3)CC2)cc(Cl)n1. The maximum Gasteiger partial charge on any atom is 0.162 e. The predicted octanol–water partition coefficient (Wildman–Crippen LogP) is 5.70. The minimum Gasteiger partial charge on any atom is -0.378 e. The minimum atomic E-state index is 0.443. The molecule has 0 amide bonds. The van der Waals surface area contributed by atoms with E-state index >= 15 is 0 Å². The molecule has 5 aromatic rings. The summed E-state index contributed by atoms with van der Waals surface area (Å²) in [5.41, 5.74) is 4.26. The number of halogens is 2. The summed E-state index contributed by atoms with van der Waals surface area (Å²) in [5, 5.41) is 2.02. The van der Waals surface area contributed by atoms with Crippen LogP contribution < -0.4 is 4.90 Å². The highest BCUT2D eigenvalue weighted by molar-refractivity contribution is 7.19. The van der Waals surface area contributed by atoms with Crippen molar-refractivity contribution in [3.05, 3.63) is 69.4 Å². The molecule has 0 unspecified atom stereocenters. The largest absolute Gasteiger partial charge is 0.378 e. The Morgan fingerprint density at radius 3 is 2.38 bits per heavy atom. The first-order valence-electron chi connectivity index (χ1n) is 13.6. The zero-order chi connectivity index (χ0) is 27.1. The van der Waals surface area contributed by atoms with Gasteiger partial charge in [0, 0.05) is 79.9 Å². The lowest BCUT2D eigenvalue weighted by Gasteiger charge is -2.34. The molecule has 11 heteroatoms. The Morgan fingerprint density at radius 2 is 1.60 bits per heavy atom. The molecule has 6 heterocycles. The molecule has 206 valence electrons. The number of benzene rings is 1. The van der Waals surface area contributed by atoms with Crippen LogP contribution >= 0.6 is 34.5 Å². The number of H-pyrrole nitrogens is 1. The molecule has 1 aromatic carbocycles. The summed E-state index contributed by atoms with van der Waals surface area (Å²) in [5.74, 6) is 1.79. The van der Waals surface area contributed by atoms with Crippen molar-refractivity contribution in [3.8, 4) is 11.4 Å². The Morgan fingerprint density at radius 1 is 0.850 bits per heavy atom. The molecule has 0 spiro atoms. The van der Waals surface area contributed by atoms with Crippen LogP contribution in [0.25, 0.3) is 32.5 Å². The zero-order valence-electron chi connectivity index (χ0n) is 21.9. The smallest absolute Gasteiger partial charge is 0.162 e. The van der Waals surface area contributed by atoms with Gasteiger partial charge in [-0.05, 0) is 35.9 Å². The molecule has 0 atom stereocenters. The highest BCUT2D eigenvalue weighted by Crippen LogP contribution is 2.36. The number of aromatic amines is 1. The normalized spacial score (nSPS) is 17.3. The van der Waals surface area contributed by atoms with Crippen LogP contribution in [0.2, 0.25) is 10.3 Å². The maximum atomic E-state index is 6.10. The Bertz CT molecular complexity index is 1640. The first kappa shape index (κ1) is 26.1. The van der Waals surface area contributed by atoms with E-state index in [1.165, 1.54) is 4.88 Å². The molecule has 2 saturated heterocycles. The van der Waals surface area contributed by atoms with E-state index in [0.29, 0.717) is 23.5 Å². The number of pyridine rings is 1. The van der Waals surface area contributed by atoms with E-state index in [0.717, 1.165) is 96.2 Å². The van der Waals surface area contributed by atoms with Gasteiger partial charge >= 0.3 is 0 Å². The average Bonchev–Trinajstić information content (AvgIpc) is 3.60. The number of rotatable bonds is 6. The van der Waals surface area contributed by atoms with Gasteiger partial charge < -0.3 is 14.6 Å². The van der Waals surface area contributed by atoms with Gasteiger partial charge in [0.15, 0.2) is 11.6 Å². The van der Waals surface area contributed by atoms with E-state index in [2.05, 4.69) is 55.0 Å². The number of morpholine rings is 1. The van der Waals surface area contributed by atoms with Crippen LogP contribution in [0.5, 0.6) is 0 Å². The van der Waals surface area contributed by atoms with Crippen molar-refractivity contribution >= 4 is 61.5 Å². The summed E-state index contributed by atoms with van der Waals surface area (Å²) in [6.45, 7) is 8.83. The Hall–Kier alpha value is -2.79. The van der Waals surface area contributed by atoms with Gasteiger partial charge in [-0.15, -0.1) is 11.3 Å². The molecule has 40 heavy (non-hydrogen) atoms. The number of piperazine rings is 1. The molecule has 0 aliphatic carbocycles. The second kappa shape index (κ2) is 11.2. The van der Waals surface area contributed by atoms with E-state index in [1.807, 2.05) is 29.7 Å². The Balaban J connectivity index is 1.13. The Labute approximate surface area is 246 Å². The van der Waals surface area contributed by atoms with Gasteiger partial charge in [0.05, 0.1) is 23.4 Å². The van der Waals surface area contributed by atoms with Crippen molar-refractivity contribution in [3.63, 3.8) is 0 Å². The second-order valence-corrected chi connectivity index (χ2v) is 12.2. The fraction of sp³-hybridized carbons (Fsp3) is 0.345. The maximum absolute atomic E-state index is 6.10. The van der Waals surface area contributed by atoms with Crippen molar-refractivity contribution in [1.82, 2.24) is 29.7 Å². The molecule has 0 saturated carbocycles. The molecular weight excluding hydrogens is 565 g/mol. The van der Waals surface area contributed by atoms with Gasteiger partial charge in [-0.2, -0.15) is 0 Å². The highest BCUT2D eigenvalue weighted by Gasteiger charge is 2.23. The molecule has 0 radical (unpaired) electrons. The van der Waals surface area contributed by atoms with Crippen molar-refractivity contribution in [2.24, 2.45) is 0 Å². The molecule has 4 aromatic heterocycles. The molecule has 2 aliphatic rings. The molecule has 1 N–H and O–H groups in total. The van der Waals surface area contributed by atoms with Crippen LogP contribution in [0.3, 0.4) is 0 Å². The standard InChI is InChI=1S/C29H29Cl2N7OS/c30-25-14-19(15-26(31)34-25)17-36-6-8-37(9-7-36)18-20-16-24-27(40-20)29(38-10-12-39-13-11-38)35-28(33-24)22-2-1-3-23-21(22)4-5-32-23/h1-5,14-16,32H,6-13,17-18H2. The molecule has 0 bridgehead atoms. The van der Waals surface area contributed by atoms with Crippen molar-refractivity contribution in [2.45, 2.75) is 13.1 Å². The molecule has 7 rings (SSSR count). The average molecular weight is 595 g/mol. The summed E-state index contributed by atoms with van der Waals surface area (Å²) in [6, 6.07) is 14.4. The number of fused-ring (bicyclic) bond motifs is 2. The fourth-order valence-electron chi connectivity index (χ4n) is 5.62. The van der Waals surface area contributed by atoms with Gasteiger partial charge in [0.1, 0.15) is 10.3 Å². The summed E-state index contributed by atoms with van der Waals surface area (Å²) in [4.78, 5) is 26.3. The van der Waals surface area contributed by atoms with E-state index in [-0.39, 0.29) is 0 Å². The zero-order valence-corrected chi connectivity index (χ0v) is 24.3.